The van der Waals surface area contributed by atoms with Crippen molar-refractivity contribution < 1.29 is 4.79 Å². The van der Waals surface area contributed by atoms with Crippen LogP contribution < -0.4 is 11.1 Å². The molecule has 0 saturated carbocycles. The van der Waals surface area contributed by atoms with Gasteiger partial charge in [0.2, 0.25) is 5.91 Å². The van der Waals surface area contributed by atoms with Gasteiger partial charge in [0.15, 0.2) is 0 Å². The molecule has 1 heterocycles. The van der Waals surface area contributed by atoms with E-state index in [2.05, 4.69) is 5.32 Å². The molecule has 1 amide bonds. The number of hydrogen-bond acceptors (Lipinski definition) is 3. The van der Waals surface area contributed by atoms with E-state index in [1.54, 1.807) is 11.8 Å². The van der Waals surface area contributed by atoms with E-state index in [1.165, 1.54) is 0 Å². The Hall–Kier alpha value is -1.20. The molecule has 0 bridgehead atoms. The molecule has 2 aromatic carbocycles. The van der Waals surface area contributed by atoms with Crippen molar-refractivity contribution in [3.63, 3.8) is 0 Å². The second-order valence-corrected chi connectivity index (χ2v) is 7.73. The van der Waals surface area contributed by atoms with Crippen molar-refractivity contribution >= 4 is 40.9 Å². The van der Waals surface area contributed by atoms with E-state index in [1.807, 2.05) is 42.5 Å². The van der Waals surface area contributed by atoms with E-state index in [4.69, 9.17) is 28.9 Å². The molecule has 24 heavy (non-hydrogen) atoms. The van der Waals surface area contributed by atoms with Crippen molar-refractivity contribution in [3.8, 4) is 11.1 Å². The van der Waals surface area contributed by atoms with Crippen molar-refractivity contribution in [1.29, 1.82) is 0 Å². The van der Waals surface area contributed by atoms with Crippen LogP contribution in [-0.2, 0) is 4.79 Å². The number of rotatable bonds is 3. The SMILES string of the molecule is NC[C@@H]1CCS[C@H](c2cccc(-c3c(Cl)cccc3Cl)c2)C(=O)N1. The Morgan fingerprint density at radius 1 is 1.17 bits per heavy atom. The molecule has 1 saturated heterocycles. The zero-order valence-electron chi connectivity index (χ0n) is 13.0. The number of carbonyl (C=O) groups excluding carboxylic acids is 1. The Balaban J connectivity index is 1.95. The molecule has 0 spiro atoms. The molecule has 0 unspecified atom stereocenters. The summed E-state index contributed by atoms with van der Waals surface area (Å²) in [7, 11) is 0. The zero-order valence-corrected chi connectivity index (χ0v) is 15.3. The van der Waals surface area contributed by atoms with Gasteiger partial charge in [-0.3, -0.25) is 4.79 Å². The highest BCUT2D eigenvalue weighted by Gasteiger charge is 2.27. The Bertz CT molecular complexity index is 733. The third kappa shape index (κ3) is 3.72. The van der Waals surface area contributed by atoms with Crippen LogP contribution in [0.4, 0.5) is 0 Å². The maximum atomic E-state index is 12.5. The molecule has 1 aliphatic heterocycles. The molecule has 3 nitrogen and oxygen atoms in total. The standard InChI is InChI=1S/C18H18Cl2N2OS/c19-14-5-2-6-15(20)16(14)11-3-1-4-12(9-11)17-18(23)22-13(10-21)7-8-24-17/h1-6,9,13,17H,7-8,10,21H2,(H,22,23)/t13-,17+/m0/s1. The van der Waals surface area contributed by atoms with Gasteiger partial charge in [0.1, 0.15) is 5.25 Å². The fourth-order valence-corrected chi connectivity index (χ4v) is 4.64. The summed E-state index contributed by atoms with van der Waals surface area (Å²) in [5, 5.41) is 3.97. The van der Waals surface area contributed by atoms with Gasteiger partial charge in [-0.25, -0.2) is 0 Å². The minimum Gasteiger partial charge on any atom is -0.351 e. The summed E-state index contributed by atoms with van der Waals surface area (Å²) in [6, 6.07) is 13.3. The van der Waals surface area contributed by atoms with Crippen molar-refractivity contribution in [3.05, 3.63) is 58.1 Å². The molecule has 0 radical (unpaired) electrons. The molecule has 126 valence electrons. The van der Waals surface area contributed by atoms with E-state index in [0.29, 0.717) is 16.6 Å². The zero-order chi connectivity index (χ0) is 17.1. The minimum atomic E-state index is -0.247. The monoisotopic (exact) mass is 380 g/mol. The Morgan fingerprint density at radius 2 is 1.88 bits per heavy atom. The predicted molar refractivity (Wildman–Crippen MR) is 103 cm³/mol. The summed E-state index contributed by atoms with van der Waals surface area (Å²) in [6.45, 7) is 0.467. The second-order valence-electron chi connectivity index (χ2n) is 5.70. The average Bonchev–Trinajstić information content (AvgIpc) is 2.76. The molecule has 2 atom stereocenters. The molecule has 1 aliphatic rings. The summed E-state index contributed by atoms with van der Waals surface area (Å²) in [4.78, 5) is 12.5. The van der Waals surface area contributed by atoms with Crippen LogP contribution in [0.15, 0.2) is 42.5 Å². The molecule has 0 aliphatic carbocycles. The van der Waals surface area contributed by atoms with Crippen molar-refractivity contribution in [2.45, 2.75) is 17.7 Å². The normalized spacial score (nSPS) is 21.2. The van der Waals surface area contributed by atoms with Crippen LogP contribution >= 0.6 is 35.0 Å². The number of amides is 1. The second kappa shape index (κ2) is 7.79. The lowest BCUT2D eigenvalue weighted by atomic mass is 10.0. The van der Waals surface area contributed by atoms with Crippen LogP contribution in [0.25, 0.3) is 11.1 Å². The molecule has 1 fully saturated rings. The molecule has 6 heteroatoms. The van der Waals surface area contributed by atoms with Crippen molar-refractivity contribution in [1.82, 2.24) is 5.32 Å². The van der Waals surface area contributed by atoms with Crippen LogP contribution in [0.2, 0.25) is 10.0 Å². The quantitative estimate of drug-likeness (QED) is 0.834. The van der Waals surface area contributed by atoms with Gasteiger partial charge in [0.05, 0.1) is 0 Å². The number of benzene rings is 2. The van der Waals surface area contributed by atoms with Crippen LogP contribution in [-0.4, -0.2) is 24.2 Å². The molecule has 3 rings (SSSR count). The first kappa shape index (κ1) is 17.6. The van der Waals surface area contributed by atoms with Gasteiger partial charge in [-0.2, -0.15) is 0 Å². The highest BCUT2D eigenvalue weighted by molar-refractivity contribution is 8.00. The van der Waals surface area contributed by atoms with Crippen LogP contribution in [0, 0.1) is 0 Å². The number of carbonyl (C=O) groups is 1. The summed E-state index contributed by atoms with van der Waals surface area (Å²) >= 11 is 14.3. The van der Waals surface area contributed by atoms with E-state index in [0.717, 1.165) is 28.9 Å². The fraction of sp³-hybridized carbons (Fsp3) is 0.278. The van der Waals surface area contributed by atoms with E-state index >= 15 is 0 Å². The number of hydrogen-bond donors (Lipinski definition) is 2. The third-order valence-electron chi connectivity index (χ3n) is 4.06. The smallest absolute Gasteiger partial charge is 0.237 e. The summed E-state index contributed by atoms with van der Waals surface area (Å²) < 4.78 is 0. The Labute approximate surface area is 155 Å². The predicted octanol–water partition coefficient (Wildman–Crippen LogP) is 4.28. The number of halogens is 2. The average molecular weight is 381 g/mol. The lowest BCUT2D eigenvalue weighted by molar-refractivity contribution is -0.121. The molecule has 0 aromatic heterocycles. The highest BCUT2D eigenvalue weighted by atomic mass is 35.5. The van der Waals surface area contributed by atoms with Gasteiger partial charge in [0, 0.05) is 28.2 Å². The topological polar surface area (TPSA) is 55.1 Å². The minimum absolute atomic E-state index is 0.00959. The molecular formula is C18H18Cl2N2OS. The third-order valence-corrected chi connectivity index (χ3v) is 5.98. The molecule has 3 N–H and O–H groups in total. The molecular weight excluding hydrogens is 363 g/mol. The van der Waals surface area contributed by atoms with Crippen LogP contribution in [0.5, 0.6) is 0 Å². The first-order valence-corrected chi connectivity index (χ1v) is 9.57. The molecule has 2 aromatic rings. The maximum Gasteiger partial charge on any atom is 0.237 e. The Kier molecular flexibility index (Phi) is 5.72. The van der Waals surface area contributed by atoms with E-state index in [-0.39, 0.29) is 17.2 Å². The van der Waals surface area contributed by atoms with Gasteiger partial charge in [-0.05, 0) is 41.5 Å². The lowest BCUT2D eigenvalue weighted by Crippen LogP contribution is -2.40. The van der Waals surface area contributed by atoms with Crippen LogP contribution in [0.3, 0.4) is 0 Å². The lowest BCUT2D eigenvalue weighted by Gasteiger charge is -2.17. The number of nitrogens with one attached hydrogen (secondary N) is 1. The van der Waals surface area contributed by atoms with Crippen molar-refractivity contribution in [2.75, 3.05) is 12.3 Å². The van der Waals surface area contributed by atoms with Gasteiger partial charge >= 0.3 is 0 Å². The van der Waals surface area contributed by atoms with Crippen LogP contribution in [0.1, 0.15) is 17.2 Å². The van der Waals surface area contributed by atoms with Gasteiger partial charge < -0.3 is 11.1 Å². The van der Waals surface area contributed by atoms with E-state index in [9.17, 15) is 4.79 Å². The first-order valence-electron chi connectivity index (χ1n) is 7.76. The first-order chi connectivity index (χ1) is 11.6. The highest BCUT2D eigenvalue weighted by Crippen LogP contribution is 2.38. The number of thioether (sulfide) groups is 1. The van der Waals surface area contributed by atoms with Gasteiger partial charge in [-0.15, -0.1) is 11.8 Å². The van der Waals surface area contributed by atoms with E-state index < -0.39 is 0 Å². The van der Waals surface area contributed by atoms with Gasteiger partial charge in [0.25, 0.3) is 0 Å². The Morgan fingerprint density at radius 3 is 2.58 bits per heavy atom. The summed E-state index contributed by atoms with van der Waals surface area (Å²) in [5.74, 6) is 0.901. The fourth-order valence-electron chi connectivity index (χ4n) is 2.81. The maximum absolute atomic E-state index is 12.5. The largest absolute Gasteiger partial charge is 0.351 e. The van der Waals surface area contributed by atoms with Gasteiger partial charge in [-0.1, -0.05) is 47.5 Å². The summed E-state index contributed by atoms with van der Waals surface area (Å²) in [6.07, 6.45) is 0.888. The number of nitrogens with two attached hydrogens (primary N) is 1. The summed E-state index contributed by atoms with van der Waals surface area (Å²) in [5.41, 5.74) is 8.35. The van der Waals surface area contributed by atoms with Crippen molar-refractivity contribution in [2.24, 2.45) is 5.73 Å².